The van der Waals surface area contributed by atoms with Crippen LogP contribution in [0.25, 0.3) is 0 Å². The number of piperidine rings is 1. The van der Waals surface area contributed by atoms with Crippen molar-refractivity contribution in [2.24, 2.45) is 11.1 Å². The van der Waals surface area contributed by atoms with E-state index in [0.717, 1.165) is 44.5 Å². The molecule has 1 aromatic carbocycles. The predicted octanol–water partition coefficient (Wildman–Crippen LogP) is 2.38. The van der Waals surface area contributed by atoms with Gasteiger partial charge in [0.05, 0.1) is 6.04 Å². The normalized spacial score (nSPS) is 27.4. The van der Waals surface area contributed by atoms with E-state index < -0.39 is 0 Å². The maximum absolute atomic E-state index is 13.1. The Bertz CT molecular complexity index is 587. The molecule has 2 aliphatic rings. The summed E-state index contributed by atoms with van der Waals surface area (Å²) in [6.45, 7) is 7.39. The van der Waals surface area contributed by atoms with Crippen LogP contribution in [0, 0.1) is 11.2 Å². The van der Waals surface area contributed by atoms with Gasteiger partial charge in [-0.25, -0.2) is 4.39 Å². The Hall–Kier alpha value is -1.46. The molecule has 3 rings (SSSR count). The van der Waals surface area contributed by atoms with Crippen molar-refractivity contribution in [3.63, 3.8) is 0 Å². The summed E-state index contributed by atoms with van der Waals surface area (Å²) in [6.07, 6.45) is 2.81. The summed E-state index contributed by atoms with van der Waals surface area (Å²) < 4.78 is 13.1. The molecule has 0 aromatic heterocycles. The average Bonchev–Trinajstić information content (AvgIpc) is 2.99. The monoisotopic (exact) mass is 333 g/mol. The topological polar surface area (TPSA) is 49.6 Å². The molecule has 2 N–H and O–H groups in total. The van der Waals surface area contributed by atoms with Crippen LogP contribution in [0.2, 0.25) is 0 Å². The van der Waals surface area contributed by atoms with Crippen LogP contribution in [0.15, 0.2) is 24.3 Å². The summed E-state index contributed by atoms with van der Waals surface area (Å²) in [4.78, 5) is 17.3. The van der Waals surface area contributed by atoms with Crippen molar-refractivity contribution < 1.29 is 9.18 Å². The standard InChI is InChI=1S/C19H28FN3O/c1-19(2)13-23(11-9-17(19)21)18(24)16-4-3-10-22(16)12-14-5-7-15(20)8-6-14/h5-8,16-17H,3-4,9-13,21H2,1-2H3. The molecule has 1 aromatic rings. The summed E-state index contributed by atoms with van der Waals surface area (Å²) in [6, 6.07) is 6.67. The number of likely N-dealkylation sites (tertiary alicyclic amines) is 2. The van der Waals surface area contributed by atoms with Gasteiger partial charge in [0.1, 0.15) is 5.82 Å². The summed E-state index contributed by atoms with van der Waals surface area (Å²) in [5, 5.41) is 0. The molecule has 4 nitrogen and oxygen atoms in total. The number of rotatable bonds is 3. The molecule has 0 radical (unpaired) electrons. The lowest BCUT2D eigenvalue weighted by molar-refractivity contribution is -0.139. The van der Waals surface area contributed by atoms with Crippen LogP contribution >= 0.6 is 0 Å². The fraction of sp³-hybridized carbons (Fsp3) is 0.632. The number of hydrogen-bond donors (Lipinski definition) is 1. The maximum atomic E-state index is 13.1. The highest BCUT2D eigenvalue weighted by atomic mass is 19.1. The Morgan fingerprint density at radius 3 is 2.62 bits per heavy atom. The summed E-state index contributed by atoms with van der Waals surface area (Å²) in [7, 11) is 0. The van der Waals surface area contributed by atoms with Crippen LogP contribution in [-0.4, -0.2) is 47.4 Å². The summed E-state index contributed by atoms with van der Waals surface area (Å²) in [5.74, 6) is 0.00859. The number of halogens is 1. The van der Waals surface area contributed by atoms with Gasteiger partial charge in [0.2, 0.25) is 5.91 Å². The van der Waals surface area contributed by atoms with Crippen LogP contribution in [0.4, 0.5) is 4.39 Å². The first kappa shape index (κ1) is 17.4. The fourth-order valence-corrected chi connectivity index (χ4v) is 3.89. The van der Waals surface area contributed by atoms with E-state index in [4.69, 9.17) is 5.73 Å². The molecular formula is C19H28FN3O. The molecule has 2 heterocycles. The van der Waals surface area contributed by atoms with Gasteiger partial charge in [0.25, 0.3) is 0 Å². The number of carbonyl (C=O) groups is 1. The van der Waals surface area contributed by atoms with Crippen molar-refractivity contribution in [1.82, 2.24) is 9.80 Å². The van der Waals surface area contributed by atoms with Gasteiger partial charge in [-0.15, -0.1) is 0 Å². The molecule has 24 heavy (non-hydrogen) atoms. The minimum Gasteiger partial charge on any atom is -0.341 e. The van der Waals surface area contributed by atoms with Gasteiger partial charge < -0.3 is 10.6 Å². The quantitative estimate of drug-likeness (QED) is 0.924. The number of nitrogens with two attached hydrogens (primary N) is 1. The van der Waals surface area contributed by atoms with Crippen molar-refractivity contribution in [3.8, 4) is 0 Å². The van der Waals surface area contributed by atoms with E-state index in [9.17, 15) is 9.18 Å². The first-order chi connectivity index (χ1) is 11.4. The Labute approximate surface area is 143 Å². The fourth-order valence-electron chi connectivity index (χ4n) is 3.89. The van der Waals surface area contributed by atoms with Crippen molar-refractivity contribution in [3.05, 3.63) is 35.6 Å². The number of amides is 1. The molecule has 132 valence electrons. The van der Waals surface area contributed by atoms with Gasteiger partial charge in [-0.1, -0.05) is 26.0 Å². The Morgan fingerprint density at radius 1 is 1.25 bits per heavy atom. The molecule has 0 spiro atoms. The largest absolute Gasteiger partial charge is 0.341 e. The highest BCUT2D eigenvalue weighted by Crippen LogP contribution is 2.30. The highest BCUT2D eigenvalue weighted by Gasteiger charge is 2.39. The lowest BCUT2D eigenvalue weighted by Crippen LogP contribution is -2.57. The van der Waals surface area contributed by atoms with Gasteiger partial charge in [0, 0.05) is 25.7 Å². The zero-order chi connectivity index (χ0) is 17.3. The zero-order valence-electron chi connectivity index (χ0n) is 14.7. The second-order valence-corrected chi connectivity index (χ2v) is 7.90. The van der Waals surface area contributed by atoms with E-state index in [1.807, 2.05) is 4.90 Å². The average molecular weight is 333 g/mol. The van der Waals surface area contributed by atoms with Crippen molar-refractivity contribution >= 4 is 5.91 Å². The van der Waals surface area contributed by atoms with Crippen molar-refractivity contribution in [2.45, 2.75) is 51.7 Å². The van der Waals surface area contributed by atoms with Crippen molar-refractivity contribution in [1.29, 1.82) is 0 Å². The maximum Gasteiger partial charge on any atom is 0.239 e. The third-order valence-corrected chi connectivity index (χ3v) is 5.57. The summed E-state index contributed by atoms with van der Waals surface area (Å²) >= 11 is 0. The second kappa shape index (κ2) is 6.81. The Morgan fingerprint density at radius 2 is 1.96 bits per heavy atom. The molecular weight excluding hydrogens is 305 g/mol. The third-order valence-electron chi connectivity index (χ3n) is 5.57. The Kier molecular flexibility index (Phi) is 4.92. The lowest BCUT2D eigenvalue weighted by atomic mass is 9.79. The molecule has 2 aliphatic heterocycles. The van der Waals surface area contributed by atoms with Gasteiger partial charge >= 0.3 is 0 Å². The number of carbonyl (C=O) groups excluding carboxylic acids is 1. The minimum absolute atomic E-state index is 0.0334. The number of nitrogens with zero attached hydrogens (tertiary/aromatic N) is 2. The molecule has 2 fully saturated rings. The first-order valence-electron chi connectivity index (χ1n) is 8.90. The van der Waals surface area contributed by atoms with E-state index in [1.54, 1.807) is 12.1 Å². The van der Waals surface area contributed by atoms with Gasteiger partial charge in [0.15, 0.2) is 0 Å². The highest BCUT2D eigenvalue weighted by molar-refractivity contribution is 5.82. The van der Waals surface area contributed by atoms with Crippen molar-refractivity contribution in [2.75, 3.05) is 19.6 Å². The van der Waals surface area contributed by atoms with Crippen LogP contribution in [0.1, 0.15) is 38.7 Å². The van der Waals surface area contributed by atoms with Crippen LogP contribution in [0.5, 0.6) is 0 Å². The molecule has 5 heteroatoms. The third kappa shape index (κ3) is 3.62. The van der Waals surface area contributed by atoms with E-state index in [-0.39, 0.29) is 29.2 Å². The molecule has 1 amide bonds. The van der Waals surface area contributed by atoms with Crippen LogP contribution < -0.4 is 5.73 Å². The van der Waals surface area contributed by atoms with Crippen LogP contribution in [0.3, 0.4) is 0 Å². The first-order valence-corrected chi connectivity index (χ1v) is 8.90. The Balaban J connectivity index is 1.66. The number of hydrogen-bond acceptors (Lipinski definition) is 3. The second-order valence-electron chi connectivity index (χ2n) is 7.90. The van der Waals surface area contributed by atoms with Gasteiger partial charge in [-0.3, -0.25) is 9.69 Å². The zero-order valence-corrected chi connectivity index (χ0v) is 14.7. The minimum atomic E-state index is -0.223. The smallest absolute Gasteiger partial charge is 0.239 e. The SMILES string of the molecule is CC1(C)CN(C(=O)C2CCCN2Cc2ccc(F)cc2)CCC1N. The number of benzene rings is 1. The van der Waals surface area contributed by atoms with E-state index in [1.165, 1.54) is 12.1 Å². The molecule has 0 saturated carbocycles. The molecule has 0 aliphatic carbocycles. The molecule has 0 bridgehead atoms. The summed E-state index contributed by atoms with van der Waals surface area (Å²) in [5.41, 5.74) is 7.21. The lowest BCUT2D eigenvalue weighted by Gasteiger charge is -2.44. The van der Waals surface area contributed by atoms with E-state index >= 15 is 0 Å². The van der Waals surface area contributed by atoms with Gasteiger partial charge in [-0.05, 0) is 48.9 Å². The van der Waals surface area contributed by atoms with E-state index in [0.29, 0.717) is 6.54 Å². The van der Waals surface area contributed by atoms with E-state index in [2.05, 4.69) is 18.7 Å². The predicted molar refractivity (Wildman–Crippen MR) is 92.8 cm³/mol. The molecule has 2 unspecified atom stereocenters. The molecule has 2 atom stereocenters. The van der Waals surface area contributed by atoms with Gasteiger partial charge in [-0.2, -0.15) is 0 Å². The molecule has 2 saturated heterocycles. The van der Waals surface area contributed by atoms with Crippen LogP contribution in [-0.2, 0) is 11.3 Å².